The van der Waals surface area contributed by atoms with Gasteiger partial charge in [0.1, 0.15) is 11.4 Å². The number of benzene rings is 1. The van der Waals surface area contributed by atoms with E-state index in [0.717, 1.165) is 16.9 Å². The molecule has 4 N–H and O–H groups in total. The summed E-state index contributed by atoms with van der Waals surface area (Å²) in [4.78, 5) is 41.4. The van der Waals surface area contributed by atoms with Crippen LogP contribution in [-0.4, -0.2) is 70.8 Å². The average molecular weight is 619 g/mol. The number of halogens is 4. The number of guanidine groups is 1. The molecule has 1 fully saturated rings. The largest absolute Gasteiger partial charge is 0.490 e. The predicted octanol–water partition coefficient (Wildman–Crippen LogP) is 4.37. The van der Waals surface area contributed by atoms with Gasteiger partial charge in [0.05, 0.1) is 18.0 Å². The smallest absolute Gasteiger partial charge is 0.487 e. The minimum absolute atomic E-state index is 0.00186. The van der Waals surface area contributed by atoms with E-state index < -0.39 is 23.3 Å². The van der Waals surface area contributed by atoms with Crippen LogP contribution in [-0.2, 0) is 19.1 Å². The van der Waals surface area contributed by atoms with Crippen molar-refractivity contribution in [1.82, 2.24) is 10.2 Å². The average Bonchev–Trinajstić information content (AvgIpc) is 3.61. The van der Waals surface area contributed by atoms with Crippen LogP contribution in [0.1, 0.15) is 70.5 Å². The molecule has 2 aliphatic heterocycles. The van der Waals surface area contributed by atoms with Crippen LogP contribution in [0.3, 0.4) is 0 Å². The fraction of sp³-hybridized carbons (Fsp3) is 0.643. The molecule has 1 saturated carbocycles. The first-order chi connectivity index (χ1) is 19.3. The Morgan fingerprint density at radius 2 is 1.93 bits per heavy atom. The summed E-state index contributed by atoms with van der Waals surface area (Å²) in [5, 5.41) is 11.0. The van der Waals surface area contributed by atoms with Gasteiger partial charge in [-0.25, -0.2) is 9.79 Å². The number of nitrogens with zero attached hydrogens (tertiary/aromatic N) is 2. The SMILES string of the molecule is COCC[C@@H]([C@@H]1C[C@H]1C(=O)NC1CC(C)(C)Oc2cc(C)c(Cl)cc21)N1C(=O)CC(C)(C)N=C1N.O=C(O)C(F)(F)F. The highest BCUT2D eigenvalue weighted by atomic mass is 35.5. The molecular weight excluding hydrogens is 581 g/mol. The number of hydrogen-bond donors (Lipinski definition) is 3. The van der Waals surface area contributed by atoms with Crippen LogP contribution in [0.15, 0.2) is 17.1 Å². The van der Waals surface area contributed by atoms with Gasteiger partial charge in [0.15, 0.2) is 5.96 Å². The minimum Gasteiger partial charge on any atom is -0.487 e. The summed E-state index contributed by atoms with van der Waals surface area (Å²) in [5.74, 6) is -2.07. The molecule has 1 aromatic carbocycles. The zero-order valence-corrected chi connectivity index (χ0v) is 25.2. The zero-order chi connectivity index (χ0) is 31.8. The lowest BCUT2D eigenvalue weighted by atomic mass is 9.89. The van der Waals surface area contributed by atoms with Crippen molar-refractivity contribution in [2.45, 2.75) is 89.7 Å². The van der Waals surface area contributed by atoms with E-state index >= 15 is 0 Å². The number of fused-ring (bicyclic) bond motifs is 1. The molecule has 1 aliphatic carbocycles. The first kappa shape index (κ1) is 33.4. The Hall–Kier alpha value is -3.06. The third kappa shape index (κ3) is 8.06. The van der Waals surface area contributed by atoms with Gasteiger partial charge >= 0.3 is 12.1 Å². The Bertz CT molecular complexity index is 1250. The number of aryl methyl sites for hydroxylation is 1. The number of methoxy groups -OCH3 is 1. The van der Waals surface area contributed by atoms with Crippen molar-refractivity contribution < 1.29 is 42.1 Å². The molecule has 0 saturated heterocycles. The highest BCUT2D eigenvalue weighted by Crippen LogP contribution is 2.47. The number of carboxylic acid groups (broad SMARTS) is 1. The van der Waals surface area contributed by atoms with Crippen molar-refractivity contribution in [2.24, 2.45) is 22.6 Å². The van der Waals surface area contributed by atoms with Crippen molar-refractivity contribution >= 4 is 35.3 Å². The van der Waals surface area contributed by atoms with Crippen LogP contribution >= 0.6 is 11.6 Å². The second kappa shape index (κ2) is 12.3. The highest BCUT2D eigenvalue weighted by molar-refractivity contribution is 6.31. The number of hydrogen-bond acceptors (Lipinski definition) is 7. The molecule has 0 radical (unpaired) electrons. The van der Waals surface area contributed by atoms with Gasteiger partial charge in [0.2, 0.25) is 11.8 Å². The summed E-state index contributed by atoms with van der Waals surface area (Å²) < 4.78 is 43.2. The standard InChI is InChI=1S/C26H37ClN4O4.C2HF3O2/c1-14-9-21-17(11-18(14)27)19(12-26(4,5)35-21)29-23(33)16-10-15(16)20(7-8-34-6)31-22(32)13-25(2,3)30-24(31)28;3-2(4,5)1(6)7/h9,11,15-16,19-20H,7-8,10,12-13H2,1-6H3,(H2,28,30)(H,29,33);(H,6,7)/t15-,16-,19?,20+;/m1./s1. The van der Waals surface area contributed by atoms with Gasteiger partial charge in [-0.3, -0.25) is 14.5 Å². The third-order valence-corrected chi connectivity index (χ3v) is 7.85. The molecule has 0 aromatic heterocycles. The van der Waals surface area contributed by atoms with E-state index in [4.69, 9.17) is 36.7 Å². The monoisotopic (exact) mass is 618 g/mol. The lowest BCUT2D eigenvalue weighted by Gasteiger charge is -2.39. The van der Waals surface area contributed by atoms with E-state index in [2.05, 4.69) is 10.3 Å². The second-order valence-corrected chi connectivity index (χ2v) is 12.6. The summed E-state index contributed by atoms with van der Waals surface area (Å²) in [5.41, 5.74) is 7.14. The summed E-state index contributed by atoms with van der Waals surface area (Å²) >= 11 is 6.40. The number of ether oxygens (including phenoxy) is 2. The molecule has 3 aliphatic rings. The Morgan fingerprint density at radius 3 is 2.48 bits per heavy atom. The summed E-state index contributed by atoms with van der Waals surface area (Å²) in [6.45, 7) is 10.2. The number of carboxylic acids is 1. The number of nitrogens with two attached hydrogens (primary N) is 1. The molecule has 4 atom stereocenters. The summed E-state index contributed by atoms with van der Waals surface area (Å²) in [6.07, 6.45) is -2.88. The summed E-state index contributed by atoms with van der Waals surface area (Å²) in [6, 6.07) is 3.39. The first-order valence-corrected chi connectivity index (χ1v) is 13.9. The van der Waals surface area contributed by atoms with E-state index in [1.807, 2.05) is 46.8 Å². The molecule has 2 amide bonds. The van der Waals surface area contributed by atoms with Crippen molar-refractivity contribution in [2.75, 3.05) is 13.7 Å². The molecule has 0 spiro atoms. The number of carbonyl (C=O) groups is 3. The van der Waals surface area contributed by atoms with Crippen LogP contribution in [0, 0.1) is 18.8 Å². The molecule has 10 nitrogen and oxygen atoms in total. The number of aliphatic imine (C=N–C) groups is 1. The number of aliphatic carboxylic acids is 1. The van der Waals surface area contributed by atoms with Crippen LogP contribution in [0.5, 0.6) is 5.75 Å². The van der Waals surface area contributed by atoms with Crippen LogP contribution in [0.25, 0.3) is 0 Å². The van der Waals surface area contributed by atoms with Crippen molar-refractivity contribution in [3.8, 4) is 5.75 Å². The van der Waals surface area contributed by atoms with E-state index in [9.17, 15) is 22.8 Å². The van der Waals surface area contributed by atoms with Crippen molar-refractivity contribution in [1.29, 1.82) is 0 Å². The lowest BCUT2D eigenvalue weighted by Crippen LogP contribution is -2.55. The van der Waals surface area contributed by atoms with Gasteiger partial charge in [-0.05, 0) is 71.1 Å². The van der Waals surface area contributed by atoms with Gasteiger partial charge in [0, 0.05) is 42.7 Å². The molecule has 14 heteroatoms. The fourth-order valence-corrected chi connectivity index (χ4v) is 5.61. The maximum absolute atomic E-state index is 13.4. The van der Waals surface area contributed by atoms with Gasteiger partial charge in [-0.2, -0.15) is 13.2 Å². The first-order valence-electron chi connectivity index (χ1n) is 13.5. The molecule has 2 heterocycles. The van der Waals surface area contributed by atoms with E-state index in [1.54, 1.807) is 12.0 Å². The molecule has 0 bridgehead atoms. The van der Waals surface area contributed by atoms with E-state index in [1.165, 1.54) is 0 Å². The van der Waals surface area contributed by atoms with Crippen molar-refractivity contribution in [3.05, 3.63) is 28.3 Å². The molecule has 234 valence electrons. The fourth-order valence-electron chi connectivity index (χ4n) is 5.44. The van der Waals surface area contributed by atoms with Crippen molar-refractivity contribution in [3.63, 3.8) is 0 Å². The van der Waals surface area contributed by atoms with E-state index in [0.29, 0.717) is 30.9 Å². The molecular formula is C28H38ClF3N4O6. The maximum Gasteiger partial charge on any atom is 0.490 e. The quantitative estimate of drug-likeness (QED) is 0.412. The number of carbonyl (C=O) groups excluding carboxylic acids is 2. The second-order valence-electron chi connectivity index (χ2n) is 12.1. The normalized spacial score (nSPS) is 24.7. The lowest BCUT2D eigenvalue weighted by molar-refractivity contribution is -0.192. The molecule has 1 aromatic rings. The van der Waals surface area contributed by atoms with Crippen LogP contribution in [0.4, 0.5) is 13.2 Å². The van der Waals surface area contributed by atoms with Crippen LogP contribution < -0.4 is 15.8 Å². The Morgan fingerprint density at radius 1 is 1.31 bits per heavy atom. The maximum atomic E-state index is 13.4. The predicted molar refractivity (Wildman–Crippen MR) is 149 cm³/mol. The Kier molecular flexibility index (Phi) is 9.77. The number of alkyl halides is 3. The summed E-state index contributed by atoms with van der Waals surface area (Å²) in [7, 11) is 1.63. The number of amides is 2. The highest BCUT2D eigenvalue weighted by Gasteiger charge is 2.52. The molecule has 4 rings (SSSR count). The van der Waals surface area contributed by atoms with Gasteiger partial charge < -0.3 is 25.6 Å². The number of nitrogens with one attached hydrogen (secondary N) is 1. The van der Waals surface area contributed by atoms with Gasteiger partial charge in [-0.15, -0.1) is 0 Å². The number of rotatable bonds is 7. The van der Waals surface area contributed by atoms with Gasteiger partial charge in [0.25, 0.3) is 0 Å². The molecule has 1 unspecified atom stereocenters. The Balaban J connectivity index is 0.000000616. The molecule has 42 heavy (non-hydrogen) atoms. The third-order valence-electron chi connectivity index (χ3n) is 7.44. The zero-order valence-electron chi connectivity index (χ0n) is 24.5. The van der Waals surface area contributed by atoms with Crippen LogP contribution in [0.2, 0.25) is 5.02 Å². The van der Waals surface area contributed by atoms with E-state index in [-0.39, 0.29) is 48.1 Å². The topological polar surface area (TPSA) is 144 Å². The minimum atomic E-state index is -5.08. The Labute approximate surface area is 247 Å². The van der Waals surface area contributed by atoms with Gasteiger partial charge in [-0.1, -0.05) is 11.6 Å².